The van der Waals surface area contributed by atoms with Crippen LogP contribution in [-0.4, -0.2) is 35.5 Å². The van der Waals surface area contributed by atoms with Crippen LogP contribution in [0.2, 0.25) is 0 Å². The van der Waals surface area contributed by atoms with Gasteiger partial charge in [0.2, 0.25) is 0 Å². The molecule has 1 aromatic rings. The Morgan fingerprint density at radius 3 is 2.50 bits per heavy atom. The van der Waals surface area contributed by atoms with Crippen LogP contribution in [-0.2, 0) is 15.1 Å². The van der Waals surface area contributed by atoms with Crippen LogP contribution >= 0.6 is 0 Å². The number of rotatable bonds is 7. The average molecular weight is 282 g/mol. The molecule has 0 spiro atoms. The van der Waals surface area contributed by atoms with Gasteiger partial charge in [0.25, 0.3) is 0 Å². The molecule has 4 nitrogen and oxygen atoms in total. The summed E-state index contributed by atoms with van der Waals surface area (Å²) < 4.78 is 18.5. The number of pyridine rings is 1. The van der Waals surface area contributed by atoms with E-state index in [-0.39, 0.29) is 12.4 Å². The minimum absolute atomic E-state index is 0.174. The topological polar surface area (TPSA) is 42.4 Å². The van der Waals surface area contributed by atoms with Crippen molar-refractivity contribution in [1.29, 1.82) is 0 Å². The van der Waals surface area contributed by atoms with Crippen LogP contribution in [0.3, 0.4) is 0 Å². The SMILES string of the molecule is CCOC(=O)CC(C)(c1cncc(F)c1)N(CC)CC. The second-order valence-electron chi connectivity index (χ2n) is 4.82. The summed E-state index contributed by atoms with van der Waals surface area (Å²) >= 11 is 0. The van der Waals surface area contributed by atoms with Crippen LogP contribution in [0.1, 0.15) is 39.7 Å². The predicted molar refractivity (Wildman–Crippen MR) is 75.7 cm³/mol. The summed E-state index contributed by atoms with van der Waals surface area (Å²) in [5.41, 5.74) is 0.0689. The molecule has 0 aliphatic rings. The molecule has 0 N–H and O–H groups in total. The number of carbonyl (C=O) groups is 1. The van der Waals surface area contributed by atoms with E-state index in [1.165, 1.54) is 6.07 Å². The molecule has 0 saturated carbocycles. The van der Waals surface area contributed by atoms with Gasteiger partial charge in [-0.2, -0.15) is 0 Å². The lowest BCUT2D eigenvalue weighted by atomic mass is 9.87. The van der Waals surface area contributed by atoms with Crippen LogP contribution in [0.4, 0.5) is 4.39 Å². The quantitative estimate of drug-likeness (QED) is 0.721. The first-order chi connectivity index (χ1) is 9.47. The number of nitrogens with zero attached hydrogens (tertiary/aromatic N) is 2. The molecule has 1 heterocycles. The maximum atomic E-state index is 13.5. The van der Waals surface area contributed by atoms with Gasteiger partial charge < -0.3 is 4.74 Å². The third-order valence-electron chi connectivity index (χ3n) is 3.58. The average Bonchev–Trinajstić information content (AvgIpc) is 2.40. The molecule has 0 aromatic carbocycles. The van der Waals surface area contributed by atoms with E-state index < -0.39 is 11.4 Å². The molecule has 0 bridgehead atoms. The summed E-state index contributed by atoms with van der Waals surface area (Å²) in [5.74, 6) is -0.684. The molecule has 112 valence electrons. The Morgan fingerprint density at radius 2 is 2.00 bits per heavy atom. The molecule has 5 heteroatoms. The van der Waals surface area contributed by atoms with Gasteiger partial charge in [0, 0.05) is 6.20 Å². The standard InChI is InChI=1S/C15H23FN2O2/c1-5-18(6-2)15(4,9-14(19)20-7-3)12-8-13(16)11-17-10-12/h8,10-11H,5-7,9H2,1-4H3. The van der Waals surface area contributed by atoms with Crippen molar-refractivity contribution >= 4 is 5.97 Å². The molecule has 0 aliphatic carbocycles. The minimum Gasteiger partial charge on any atom is -0.466 e. The first-order valence-corrected chi connectivity index (χ1v) is 6.99. The number of hydrogen-bond acceptors (Lipinski definition) is 4. The minimum atomic E-state index is -0.620. The third kappa shape index (κ3) is 3.76. The maximum Gasteiger partial charge on any atom is 0.308 e. The Balaban J connectivity index is 3.15. The summed E-state index contributed by atoms with van der Waals surface area (Å²) in [6, 6.07) is 1.44. The number of hydrogen-bond donors (Lipinski definition) is 0. The van der Waals surface area contributed by atoms with Gasteiger partial charge in [-0.15, -0.1) is 0 Å². The number of aromatic nitrogens is 1. The Hall–Kier alpha value is -1.49. The van der Waals surface area contributed by atoms with Crippen LogP contribution in [0, 0.1) is 5.82 Å². The van der Waals surface area contributed by atoms with Crippen molar-refractivity contribution in [2.24, 2.45) is 0 Å². The highest BCUT2D eigenvalue weighted by Crippen LogP contribution is 2.32. The van der Waals surface area contributed by atoms with Crippen LogP contribution < -0.4 is 0 Å². The summed E-state index contributed by atoms with van der Waals surface area (Å²) in [6.45, 7) is 9.57. The van der Waals surface area contributed by atoms with E-state index in [2.05, 4.69) is 9.88 Å². The first-order valence-electron chi connectivity index (χ1n) is 6.99. The van der Waals surface area contributed by atoms with Crippen molar-refractivity contribution in [1.82, 2.24) is 9.88 Å². The van der Waals surface area contributed by atoms with Gasteiger partial charge in [0.15, 0.2) is 0 Å². The van der Waals surface area contributed by atoms with Crippen molar-refractivity contribution < 1.29 is 13.9 Å². The predicted octanol–water partition coefficient (Wildman–Crippen LogP) is 2.73. The van der Waals surface area contributed by atoms with Gasteiger partial charge in [-0.1, -0.05) is 13.8 Å². The second-order valence-corrected chi connectivity index (χ2v) is 4.82. The fourth-order valence-electron chi connectivity index (χ4n) is 2.52. The first kappa shape index (κ1) is 16.6. The Morgan fingerprint density at radius 1 is 1.35 bits per heavy atom. The van der Waals surface area contributed by atoms with Crippen molar-refractivity contribution in [3.8, 4) is 0 Å². The zero-order chi connectivity index (χ0) is 15.2. The molecule has 20 heavy (non-hydrogen) atoms. The van der Waals surface area contributed by atoms with Gasteiger partial charge in [-0.3, -0.25) is 14.7 Å². The van der Waals surface area contributed by atoms with Crippen molar-refractivity contribution in [2.75, 3.05) is 19.7 Å². The lowest BCUT2D eigenvalue weighted by Gasteiger charge is -2.40. The number of carbonyl (C=O) groups excluding carboxylic acids is 1. The zero-order valence-electron chi connectivity index (χ0n) is 12.6. The lowest BCUT2D eigenvalue weighted by Crippen LogP contribution is -2.45. The second kappa shape index (κ2) is 7.33. The molecule has 1 rings (SSSR count). The Kier molecular flexibility index (Phi) is 6.07. The maximum absolute atomic E-state index is 13.5. The zero-order valence-corrected chi connectivity index (χ0v) is 12.6. The Labute approximate surface area is 120 Å². The van der Waals surface area contributed by atoms with E-state index in [0.29, 0.717) is 12.2 Å². The molecule has 1 atom stereocenters. The van der Waals surface area contributed by atoms with Crippen LogP contribution in [0.25, 0.3) is 0 Å². The van der Waals surface area contributed by atoms with Crippen LogP contribution in [0.5, 0.6) is 0 Å². The molecule has 0 aliphatic heterocycles. The lowest BCUT2D eigenvalue weighted by molar-refractivity contribution is -0.146. The molecular formula is C15H23FN2O2. The van der Waals surface area contributed by atoms with E-state index in [1.807, 2.05) is 20.8 Å². The van der Waals surface area contributed by atoms with Gasteiger partial charge in [0.05, 0.1) is 24.8 Å². The largest absolute Gasteiger partial charge is 0.466 e. The van der Waals surface area contributed by atoms with Crippen molar-refractivity contribution in [2.45, 2.75) is 39.7 Å². The van der Waals surface area contributed by atoms with Gasteiger partial charge >= 0.3 is 5.97 Å². The summed E-state index contributed by atoms with van der Waals surface area (Å²) in [4.78, 5) is 17.9. The highest BCUT2D eigenvalue weighted by Gasteiger charge is 2.35. The van der Waals surface area contributed by atoms with Gasteiger partial charge in [0.1, 0.15) is 5.82 Å². The molecule has 0 radical (unpaired) electrons. The van der Waals surface area contributed by atoms with Crippen molar-refractivity contribution in [3.63, 3.8) is 0 Å². The fourth-order valence-corrected chi connectivity index (χ4v) is 2.52. The van der Waals surface area contributed by atoms with E-state index in [9.17, 15) is 9.18 Å². The molecule has 0 saturated heterocycles. The summed E-state index contributed by atoms with van der Waals surface area (Å²) in [7, 11) is 0. The highest BCUT2D eigenvalue weighted by atomic mass is 19.1. The number of esters is 1. The molecular weight excluding hydrogens is 259 g/mol. The normalized spacial score (nSPS) is 14.1. The molecule has 0 amide bonds. The molecule has 1 aromatic heterocycles. The summed E-state index contributed by atoms with van der Waals surface area (Å²) in [5, 5.41) is 0. The van der Waals surface area contributed by atoms with Gasteiger partial charge in [-0.25, -0.2) is 4.39 Å². The fraction of sp³-hybridized carbons (Fsp3) is 0.600. The smallest absolute Gasteiger partial charge is 0.308 e. The molecule has 0 fully saturated rings. The number of ether oxygens (including phenoxy) is 1. The van der Waals surface area contributed by atoms with E-state index in [0.717, 1.165) is 19.3 Å². The summed E-state index contributed by atoms with van der Waals surface area (Å²) in [6.07, 6.45) is 2.95. The number of halogens is 1. The third-order valence-corrected chi connectivity index (χ3v) is 3.58. The van der Waals surface area contributed by atoms with Crippen molar-refractivity contribution in [3.05, 3.63) is 29.8 Å². The Bertz CT molecular complexity index is 449. The monoisotopic (exact) mass is 282 g/mol. The molecule has 1 unspecified atom stereocenters. The highest BCUT2D eigenvalue weighted by molar-refractivity contribution is 5.71. The van der Waals surface area contributed by atoms with E-state index >= 15 is 0 Å². The van der Waals surface area contributed by atoms with Gasteiger partial charge in [-0.05, 0) is 38.6 Å². The van der Waals surface area contributed by atoms with E-state index in [1.54, 1.807) is 13.1 Å². The van der Waals surface area contributed by atoms with Crippen LogP contribution in [0.15, 0.2) is 18.5 Å². The van der Waals surface area contributed by atoms with E-state index in [4.69, 9.17) is 4.74 Å².